The molecule has 1 N–H and O–H groups in total. The maximum absolute atomic E-state index is 11.2. The van der Waals surface area contributed by atoms with Gasteiger partial charge in [-0.1, -0.05) is 20.3 Å². The number of hydrogen-bond donors (Lipinski definition) is 1. The van der Waals surface area contributed by atoms with E-state index >= 15 is 0 Å². The molecule has 132 valence electrons. The molecule has 4 nitrogen and oxygen atoms in total. The van der Waals surface area contributed by atoms with Crippen LogP contribution in [0.3, 0.4) is 0 Å². The Morgan fingerprint density at radius 1 is 1.54 bits per heavy atom. The van der Waals surface area contributed by atoms with Gasteiger partial charge in [0.2, 0.25) is 0 Å². The van der Waals surface area contributed by atoms with Crippen molar-refractivity contribution in [3.63, 3.8) is 0 Å². The molecule has 4 heteroatoms. The molecule has 2 rings (SSSR count). The van der Waals surface area contributed by atoms with Crippen molar-refractivity contribution in [1.82, 2.24) is 10.3 Å². The maximum Gasteiger partial charge on any atom is 0.168 e. The maximum atomic E-state index is 11.2. The molecule has 1 aliphatic rings. The van der Waals surface area contributed by atoms with Gasteiger partial charge in [0.25, 0.3) is 0 Å². The van der Waals surface area contributed by atoms with Gasteiger partial charge < -0.3 is 10.1 Å². The van der Waals surface area contributed by atoms with Crippen LogP contribution in [0.2, 0.25) is 0 Å². The zero-order valence-corrected chi connectivity index (χ0v) is 15.3. The number of pyridine rings is 1. The van der Waals surface area contributed by atoms with Crippen molar-refractivity contribution in [3.8, 4) is 0 Å². The fourth-order valence-corrected chi connectivity index (χ4v) is 3.91. The second-order valence-corrected chi connectivity index (χ2v) is 6.85. The second-order valence-electron chi connectivity index (χ2n) is 6.85. The molecule has 0 aromatic carbocycles. The van der Waals surface area contributed by atoms with Crippen molar-refractivity contribution in [2.24, 2.45) is 5.92 Å². The zero-order valence-electron chi connectivity index (χ0n) is 15.3. The first-order valence-electron chi connectivity index (χ1n) is 9.00. The fourth-order valence-electron chi connectivity index (χ4n) is 3.91. The highest BCUT2D eigenvalue weighted by Gasteiger charge is 2.44. The van der Waals surface area contributed by atoms with Gasteiger partial charge in [0, 0.05) is 19.3 Å². The Morgan fingerprint density at radius 3 is 3.00 bits per heavy atom. The molecule has 3 unspecified atom stereocenters. The van der Waals surface area contributed by atoms with E-state index < -0.39 is 5.60 Å². The van der Waals surface area contributed by atoms with E-state index in [2.05, 4.69) is 37.3 Å². The van der Waals surface area contributed by atoms with Crippen LogP contribution in [0.25, 0.3) is 0 Å². The molecule has 1 aromatic heterocycles. The standard InChI is InChI=1S/C20H30N2O2/c1-5-7-16(3)22-13-18-9-6-8-15(2)20(18,24-4)17-10-11-21-19(12-17)14-23/h10-16,22H,5-9H2,1-4H3/b18-13-. The lowest BCUT2D eigenvalue weighted by molar-refractivity contribution is -0.0435. The van der Waals surface area contributed by atoms with Gasteiger partial charge in [0.15, 0.2) is 6.29 Å². The number of carbonyl (C=O) groups excluding carboxylic acids is 1. The van der Waals surface area contributed by atoms with E-state index in [0.29, 0.717) is 17.7 Å². The normalized spacial score (nSPS) is 27.0. The third-order valence-electron chi connectivity index (χ3n) is 5.17. The van der Waals surface area contributed by atoms with Crippen molar-refractivity contribution in [2.75, 3.05) is 7.11 Å². The Balaban J connectivity index is 2.43. The first kappa shape index (κ1) is 18.7. The quantitative estimate of drug-likeness (QED) is 0.761. The predicted octanol–water partition coefficient (Wildman–Crippen LogP) is 4.22. The van der Waals surface area contributed by atoms with Gasteiger partial charge >= 0.3 is 0 Å². The largest absolute Gasteiger partial charge is 0.388 e. The van der Waals surface area contributed by atoms with Gasteiger partial charge in [0.05, 0.1) is 0 Å². The number of nitrogens with one attached hydrogen (secondary N) is 1. The van der Waals surface area contributed by atoms with Crippen molar-refractivity contribution in [1.29, 1.82) is 0 Å². The smallest absolute Gasteiger partial charge is 0.168 e. The van der Waals surface area contributed by atoms with E-state index in [1.54, 1.807) is 13.3 Å². The van der Waals surface area contributed by atoms with Crippen LogP contribution in [-0.2, 0) is 10.3 Å². The number of hydrogen-bond acceptors (Lipinski definition) is 4. The van der Waals surface area contributed by atoms with E-state index in [9.17, 15) is 4.79 Å². The molecule has 1 saturated carbocycles. The summed E-state index contributed by atoms with van der Waals surface area (Å²) in [5.41, 5.74) is 2.24. The highest BCUT2D eigenvalue weighted by atomic mass is 16.5. The Kier molecular flexibility index (Phi) is 6.55. The van der Waals surface area contributed by atoms with E-state index in [4.69, 9.17) is 4.74 Å². The van der Waals surface area contributed by atoms with Crippen molar-refractivity contribution in [2.45, 2.75) is 64.5 Å². The second kappa shape index (κ2) is 8.43. The van der Waals surface area contributed by atoms with Crippen molar-refractivity contribution in [3.05, 3.63) is 41.4 Å². The van der Waals surface area contributed by atoms with E-state index in [-0.39, 0.29) is 0 Å². The molecule has 0 amide bonds. The summed E-state index contributed by atoms with van der Waals surface area (Å²) in [4.78, 5) is 15.3. The fraction of sp³-hybridized carbons (Fsp3) is 0.600. The number of ether oxygens (including phenoxy) is 1. The lowest BCUT2D eigenvalue weighted by Gasteiger charge is -2.44. The van der Waals surface area contributed by atoms with Crippen molar-refractivity contribution >= 4 is 6.29 Å². The third kappa shape index (κ3) is 3.69. The molecule has 0 radical (unpaired) electrons. The lowest BCUT2D eigenvalue weighted by atomic mass is 9.69. The van der Waals surface area contributed by atoms with E-state index in [1.165, 1.54) is 5.57 Å². The van der Waals surface area contributed by atoms with Crippen molar-refractivity contribution < 1.29 is 9.53 Å². The predicted molar refractivity (Wildman–Crippen MR) is 96.9 cm³/mol. The molecule has 3 atom stereocenters. The van der Waals surface area contributed by atoms with Crippen LogP contribution in [-0.4, -0.2) is 24.4 Å². The van der Waals surface area contributed by atoms with Crippen LogP contribution in [0, 0.1) is 5.92 Å². The Morgan fingerprint density at radius 2 is 2.33 bits per heavy atom. The SMILES string of the molecule is CCCC(C)N/C=C1/CCCC(C)C1(OC)c1ccnc(C=O)c1. The monoisotopic (exact) mass is 330 g/mol. The molecular formula is C20H30N2O2. The number of rotatable bonds is 7. The summed E-state index contributed by atoms with van der Waals surface area (Å²) in [6.07, 6.45) is 10.2. The zero-order chi connectivity index (χ0) is 17.6. The highest BCUT2D eigenvalue weighted by molar-refractivity contribution is 5.72. The van der Waals surface area contributed by atoms with Crippen LogP contribution in [0.15, 0.2) is 30.1 Å². The van der Waals surface area contributed by atoms with E-state index in [1.807, 2.05) is 12.1 Å². The first-order chi connectivity index (χ1) is 11.6. The number of aldehydes is 1. The van der Waals surface area contributed by atoms with Gasteiger partial charge in [-0.3, -0.25) is 9.78 Å². The van der Waals surface area contributed by atoms with Gasteiger partial charge in [0.1, 0.15) is 11.3 Å². The molecule has 0 spiro atoms. The minimum absolute atomic E-state index is 0.340. The van der Waals surface area contributed by atoms with Gasteiger partial charge in [-0.2, -0.15) is 0 Å². The molecule has 0 aliphatic heterocycles. The molecule has 1 heterocycles. The lowest BCUT2D eigenvalue weighted by Crippen LogP contribution is -2.42. The van der Waals surface area contributed by atoms with Gasteiger partial charge in [-0.15, -0.1) is 0 Å². The summed E-state index contributed by atoms with van der Waals surface area (Å²) in [6, 6.07) is 4.28. The Hall–Kier alpha value is -1.68. The van der Waals surface area contributed by atoms with Crippen LogP contribution >= 0.6 is 0 Å². The summed E-state index contributed by atoms with van der Waals surface area (Å²) in [5, 5.41) is 3.53. The van der Waals surface area contributed by atoms with Crippen LogP contribution in [0.1, 0.15) is 68.9 Å². The summed E-state index contributed by atoms with van der Waals surface area (Å²) < 4.78 is 6.13. The first-order valence-corrected chi connectivity index (χ1v) is 9.00. The van der Waals surface area contributed by atoms with Gasteiger partial charge in [-0.25, -0.2) is 0 Å². The summed E-state index contributed by atoms with van der Waals surface area (Å²) in [6.45, 7) is 6.64. The third-order valence-corrected chi connectivity index (χ3v) is 5.17. The highest BCUT2D eigenvalue weighted by Crippen LogP contribution is 2.47. The minimum atomic E-state index is -0.488. The summed E-state index contributed by atoms with van der Waals surface area (Å²) in [5.74, 6) is 0.340. The number of carbonyl (C=O) groups is 1. The number of nitrogens with zero attached hydrogens (tertiary/aromatic N) is 1. The molecule has 1 aliphatic carbocycles. The Labute approximate surface area is 145 Å². The number of methoxy groups -OCH3 is 1. The molecule has 1 fully saturated rings. The molecule has 0 saturated heterocycles. The van der Waals surface area contributed by atoms with Crippen LogP contribution < -0.4 is 5.32 Å². The Bertz CT molecular complexity index is 585. The average molecular weight is 330 g/mol. The number of aromatic nitrogens is 1. The molecule has 1 aromatic rings. The summed E-state index contributed by atoms with van der Waals surface area (Å²) in [7, 11) is 1.77. The summed E-state index contributed by atoms with van der Waals surface area (Å²) >= 11 is 0. The molecular weight excluding hydrogens is 300 g/mol. The van der Waals surface area contributed by atoms with Crippen LogP contribution in [0.5, 0.6) is 0 Å². The molecule has 0 bridgehead atoms. The van der Waals surface area contributed by atoms with E-state index in [0.717, 1.165) is 44.0 Å². The van der Waals surface area contributed by atoms with Gasteiger partial charge in [-0.05, 0) is 68.0 Å². The minimum Gasteiger partial charge on any atom is -0.388 e. The van der Waals surface area contributed by atoms with Crippen LogP contribution in [0.4, 0.5) is 0 Å². The average Bonchev–Trinajstić information content (AvgIpc) is 2.60. The topological polar surface area (TPSA) is 51.2 Å². The molecule has 24 heavy (non-hydrogen) atoms.